The van der Waals surface area contributed by atoms with Crippen molar-refractivity contribution in [3.8, 4) is 0 Å². The number of hydrogen-bond donors (Lipinski definition) is 2. The van der Waals surface area contributed by atoms with E-state index in [2.05, 4.69) is 31.0 Å². The number of carbonyl (C=O) groups is 2. The van der Waals surface area contributed by atoms with E-state index in [1.807, 2.05) is 6.07 Å². The summed E-state index contributed by atoms with van der Waals surface area (Å²) in [4.78, 5) is 26.8. The highest BCUT2D eigenvalue weighted by Gasteiger charge is 2.42. The lowest BCUT2D eigenvalue weighted by Gasteiger charge is -2.38. The molecular formula is C20H25NO3. The summed E-state index contributed by atoms with van der Waals surface area (Å²) in [5.41, 5.74) is 4.11. The number of aryl methyl sites for hydroxylation is 1. The van der Waals surface area contributed by atoms with Gasteiger partial charge in [0.25, 0.3) is 0 Å². The summed E-state index contributed by atoms with van der Waals surface area (Å²) in [5.74, 6) is -0.389. The van der Waals surface area contributed by atoms with E-state index in [0.29, 0.717) is 6.42 Å². The van der Waals surface area contributed by atoms with Gasteiger partial charge in [0.2, 0.25) is 0 Å². The van der Waals surface area contributed by atoms with Gasteiger partial charge in [0.1, 0.15) is 5.78 Å². The van der Waals surface area contributed by atoms with Crippen molar-refractivity contribution in [1.29, 1.82) is 0 Å². The van der Waals surface area contributed by atoms with Crippen LogP contribution in [-0.4, -0.2) is 21.8 Å². The molecule has 1 aromatic heterocycles. The second kappa shape index (κ2) is 6.08. The van der Waals surface area contributed by atoms with Crippen molar-refractivity contribution in [1.82, 2.24) is 4.98 Å². The first kappa shape index (κ1) is 16.7. The lowest BCUT2D eigenvalue weighted by Crippen LogP contribution is -2.34. The fraction of sp³-hybridized carbons (Fsp3) is 0.500. The molecule has 2 aromatic rings. The van der Waals surface area contributed by atoms with Crippen molar-refractivity contribution in [2.75, 3.05) is 0 Å². The van der Waals surface area contributed by atoms with Crippen molar-refractivity contribution in [2.24, 2.45) is 0 Å². The van der Waals surface area contributed by atoms with E-state index in [4.69, 9.17) is 0 Å². The van der Waals surface area contributed by atoms with Crippen LogP contribution in [0.15, 0.2) is 18.2 Å². The van der Waals surface area contributed by atoms with Gasteiger partial charge in [0.05, 0.1) is 6.42 Å². The molecule has 0 bridgehead atoms. The van der Waals surface area contributed by atoms with Gasteiger partial charge in [-0.25, -0.2) is 0 Å². The molecule has 2 N–H and O–H groups in total. The molecule has 4 heteroatoms. The Morgan fingerprint density at radius 3 is 2.75 bits per heavy atom. The minimum Gasteiger partial charge on any atom is -0.481 e. The first-order valence-corrected chi connectivity index (χ1v) is 8.71. The molecule has 0 saturated heterocycles. The molecule has 24 heavy (non-hydrogen) atoms. The zero-order valence-corrected chi connectivity index (χ0v) is 14.6. The van der Waals surface area contributed by atoms with Crippen LogP contribution in [0.5, 0.6) is 0 Å². The Hall–Kier alpha value is -2.10. The number of Topliss-reactive ketones (excluding diaryl/α,β-unsaturated/α-hetero) is 1. The molecular weight excluding hydrogens is 302 g/mol. The highest BCUT2D eigenvalue weighted by atomic mass is 16.4. The number of aromatic nitrogens is 1. The van der Waals surface area contributed by atoms with Crippen molar-refractivity contribution in [3.63, 3.8) is 0 Å². The Kier molecular flexibility index (Phi) is 4.24. The molecule has 2 atom stereocenters. The van der Waals surface area contributed by atoms with E-state index in [0.717, 1.165) is 41.4 Å². The number of carboxylic acids is 1. The predicted octanol–water partition coefficient (Wildman–Crippen LogP) is 4.46. The first-order valence-electron chi connectivity index (χ1n) is 8.71. The lowest BCUT2D eigenvalue weighted by molar-refractivity contribution is -0.138. The van der Waals surface area contributed by atoms with Gasteiger partial charge >= 0.3 is 5.97 Å². The number of aromatic amines is 1. The van der Waals surface area contributed by atoms with Gasteiger partial charge in [-0.05, 0) is 50.2 Å². The van der Waals surface area contributed by atoms with Crippen molar-refractivity contribution in [2.45, 2.75) is 64.2 Å². The summed E-state index contributed by atoms with van der Waals surface area (Å²) in [6.45, 7) is 5.77. The lowest BCUT2D eigenvalue weighted by atomic mass is 9.65. The number of para-hydroxylation sites is 1. The Bertz CT molecular complexity index is 805. The predicted molar refractivity (Wildman–Crippen MR) is 94.5 cm³/mol. The minimum absolute atomic E-state index is 0.134. The number of rotatable bonds is 5. The van der Waals surface area contributed by atoms with Crippen LogP contribution in [0.3, 0.4) is 0 Å². The Morgan fingerprint density at radius 1 is 1.38 bits per heavy atom. The molecule has 1 aliphatic rings. The van der Waals surface area contributed by atoms with Crippen molar-refractivity contribution in [3.05, 3.63) is 35.0 Å². The van der Waals surface area contributed by atoms with Crippen LogP contribution in [0.1, 0.15) is 68.7 Å². The molecule has 0 saturated carbocycles. The molecule has 0 fully saturated rings. The number of aliphatic carboxylic acids is 1. The number of H-pyrrole nitrogens is 1. The first-order chi connectivity index (χ1) is 11.4. The summed E-state index contributed by atoms with van der Waals surface area (Å²) in [7, 11) is 0. The van der Waals surface area contributed by atoms with Gasteiger partial charge in [0.15, 0.2) is 0 Å². The molecule has 0 radical (unpaired) electrons. The smallest absolute Gasteiger partial charge is 0.304 e. The summed E-state index contributed by atoms with van der Waals surface area (Å²) < 4.78 is 0. The number of hydrogen-bond acceptors (Lipinski definition) is 2. The number of fused-ring (bicyclic) bond motifs is 3. The quantitative estimate of drug-likeness (QED) is 0.852. The van der Waals surface area contributed by atoms with E-state index in [1.54, 1.807) is 6.92 Å². The van der Waals surface area contributed by atoms with Gasteiger partial charge < -0.3 is 14.9 Å². The number of ketones is 1. The summed E-state index contributed by atoms with van der Waals surface area (Å²) in [6.07, 6.45) is 3.13. The third-order valence-corrected chi connectivity index (χ3v) is 5.69. The van der Waals surface area contributed by atoms with E-state index in [9.17, 15) is 14.7 Å². The maximum Gasteiger partial charge on any atom is 0.304 e. The van der Waals surface area contributed by atoms with E-state index >= 15 is 0 Å². The van der Waals surface area contributed by atoms with Gasteiger partial charge in [-0.3, -0.25) is 4.79 Å². The average Bonchev–Trinajstić information content (AvgIpc) is 2.91. The van der Waals surface area contributed by atoms with E-state index in [1.165, 1.54) is 5.56 Å². The van der Waals surface area contributed by atoms with Crippen LogP contribution in [-0.2, 0) is 15.0 Å². The Labute approximate surface area is 142 Å². The maximum absolute atomic E-state index is 11.8. The number of carboxylic acid groups (broad SMARTS) is 1. The molecule has 4 nitrogen and oxygen atoms in total. The van der Waals surface area contributed by atoms with Gasteiger partial charge in [-0.15, -0.1) is 0 Å². The molecule has 0 spiro atoms. The zero-order valence-electron chi connectivity index (χ0n) is 14.6. The van der Waals surface area contributed by atoms with Crippen molar-refractivity contribution < 1.29 is 14.7 Å². The summed E-state index contributed by atoms with van der Waals surface area (Å²) in [5, 5.41) is 10.6. The average molecular weight is 327 g/mol. The highest BCUT2D eigenvalue weighted by molar-refractivity contribution is 5.90. The number of carbonyl (C=O) groups excluding carboxylic acids is 1. The summed E-state index contributed by atoms with van der Waals surface area (Å²) >= 11 is 0. The van der Waals surface area contributed by atoms with Crippen LogP contribution in [0.4, 0.5) is 0 Å². The molecule has 1 aliphatic carbocycles. The minimum atomic E-state index is -0.761. The molecule has 1 heterocycles. The topological polar surface area (TPSA) is 70.2 Å². The van der Waals surface area contributed by atoms with Crippen LogP contribution < -0.4 is 0 Å². The third kappa shape index (κ3) is 2.64. The van der Waals surface area contributed by atoms with Crippen LogP contribution in [0, 0.1) is 6.92 Å². The highest BCUT2D eigenvalue weighted by Crippen LogP contribution is 2.50. The van der Waals surface area contributed by atoms with E-state index < -0.39 is 5.97 Å². The van der Waals surface area contributed by atoms with Crippen LogP contribution >= 0.6 is 0 Å². The van der Waals surface area contributed by atoms with Crippen LogP contribution in [0.25, 0.3) is 10.9 Å². The van der Waals surface area contributed by atoms with Gasteiger partial charge in [0, 0.05) is 28.4 Å². The largest absolute Gasteiger partial charge is 0.481 e. The second-order valence-electron chi connectivity index (χ2n) is 7.26. The fourth-order valence-electron chi connectivity index (χ4n) is 4.44. The fourth-order valence-corrected chi connectivity index (χ4v) is 4.44. The maximum atomic E-state index is 11.8. The summed E-state index contributed by atoms with van der Waals surface area (Å²) in [6, 6.07) is 6.20. The zero-order chi connectivity index (χ0) is 17.5. The van der Waals surface area contributed by atoms with E-state index in [-0.39, 0.29) is 23.5 Å². The molecule has 3 rings (SSSR count). The molecule has 1 aromatic carbocycles. The van der Waals surface area contributed by atoms with Gasteiger partial charge in [-0.2, -0.15) is 0 Å². The SMILES string of the molecule is CC[C@@]1(CC(=O)O)CC[C@H](CC(C)=O)c2c1[nH]c1c(C)cccc21. The molecule has 0 unspecified atom stereocenters. The molecule has 0 aliphatic heterocycles. The molecule has 0 amide bonds. The monoisotopic (exact) mass is 327 g/mol. The third-order valence-electron chi connectivity index (χ3n) is 5.69. The van der Waals surface area contributed by atoms with Crippen molar-refractivity contribution >= 4 is 22.7 Å². The van der Waals surface area contributed by atoms with Gasteiger partial charge in [-0.1, -0.05) is 25.1 Å². The Balaban J connectivity index is 2.25. The molecule has 128 valence electrons. The standard InChI is InChI=1S/C20H25NO3/c1-4-20(11-16(23)24)9-8-14(10-13(3)22)17-15-7-5-6-12(2)18(15)21-19(17)20/h5-7,14,21H,4,8-11H2,1-3H3,(H,23,24)/t14-,20+/m1/s1. The normalized spacial score (nSPS) is 23.2. The Morgan fingerprint density at radius 2 is 2.12 bits per heavy atom. The van der Waals surface area contributed by atoms with Crippen LogP contribution in [0.2, 0.25) is 0 Å². The number of nitrogens with one attached hydrogen (secondary N) is 1. The second-order valence-corrected chi connectivity index (χ2v) is 7.26. The number of benzene rings is 1.